The van der Waals surface area contributed by atoms with Crippen molar-refractivity contribution in [3.05, 3.63) is 59.4 Å². The molecule has 3 nitrogen and oxygen atoms in total. The Morgan fingerprint density at radius 2 is 1.81 bits per heavy atom. The standard InChI is InChI=1S/C15H15F3N2O/c1-21-10-4-2-3-9(5-10)20-15(8-19)11-6-13(17)14(18)7-12(11)16/h2-7,15,20H,8,19H2,1H3. The number of nitrogens with one attached hydrogen (secondary N) is 1. The van der Waals surface area contributed by atoms with Gasteiger partial charge in [0.05, 0.1) is 13.2 Å². The van der Waals surface area contributed by atoms with Crippen molar-refractivity contribution >= 4 is 5.69 Å². The van der Waals surface area contributed by atoms with Gasteiger partial charge in [0.25, 0.3) is 0 Å². The van der Waals surface area contributed by atoms with Crippen molar-refractivity contribution in [1.82, 2.24) is 0 Å². The molecule has 0 aliphatic heterocycles. The highest BCUT2D eigenvalue weighted by Crippen LogP contribution is 2.25. The Labute approximate surface area is 120 Å². The summed E-state index contributed by atoms with van der Waals surface area (Å²) in [6.45, 7) is 0.0131. The van der Waals surface area contributed by atoms with Crippen LogP contribution in [0, 0.1) is 17.5 Å². The lowest BCUT2D eigenvalue weighted by Crippen LogP contribution is -2.22. The van der Waals surface area contributed by atoms with Crippen molar-refractivity contribution in [2.45, 2.75) is 6.04 Å². The summed E-state index contributed by atoms with van der Waals surface area (Å²) in [6, 6.07) is 7.57. The predicted octanol–water partition coefficient (Wildman–Crippen LogP) is 3.22. The summed E-state index contributed by atoms with van der Waals surface area (Å²) < 4.78 is 45.1. The van der Waals surface area contributed by atoms with Gasteiger partial charge in [0.1, 0.15) is 11.6 Å². The van der Waals surface area contributed by atoms with Crippen LogP contribution in [0.1, 0.15) is 11.6 Å². The van der Waals surface area contributed by atoms with Gasteiger partial charge in [-0.25, -0.2) is 13.2 Å². The number of halogens is 3. The van der Waals surface area contributed by atoms with E-state index >= 15 is 0 Å². The van der Waals surface area contributed by atoms with Crippen LogP contribution in [0.4, 0.5) is 18.9 Å². The van der Waals surface area contributed by atoms with Gasteiger partial charge in [0, 0.05) is 29.9 Å². The van der Waals surface area contributed by atoms with Crippen LogP contribution in [-0.4, -0.2) is 13.7 Å². The Morgan fingerprint density at radius 1 is 1.10 bits per heavy atom. The lowest BCUT2D eigenvalue weighted by molar-refractivity contribution is 0.415. The van der Waals surface area contributed by atoms with Gasteiger partial charge >= 0.3 is 0 Å². The van der Waals surface area contributed by atoms with Gasteiger partial charge in [-0.1, -0.05) is 6.07 Å². The molecule has 1 atom stereocenters. The minimum atomic E-state index is -1.23. The lowest BCUT2D eigenvalue weighted by atomic mass is 10.1. The smallest absolute Gasteiger partial charge is 0.161 e. The topological polar surface area (TPSA) is 47.3 Å². The van der Waals surface area contributed by atoms with E-state index in [0.717, 1.165) is 6.07 Å². The Kier molecular flexibility index (Phi) is 4.70. The molecular weight excluding hydrogens is 281 g/mol. The molecular formula is C15H15F3N2O. The highest BCUT2D eigenvalue weighted by Gasteiger charge is 2.18. The number of benzene rings is 2. The van der Waals surface area contributed by atoms with Gasteiger partial charge < -0.3 is 15.8 Å². The summed E-state index contributed by atoms with van der Waals surface area (Å²) in [5.74, 6) is -2.58. The van der Waals surface area contributed by atoms with Crippen LogP contribution in [0.15, 0.2) is 36.4 Å². The van der Waals surface area contributed by atoms with E-state index in [1.165, 1.54) is 7.11 Å². The van der Waals surface area contributed by atoms with Gasteiger partial charge in [0.15, 0.2) is 11.6 Å². The van der Waals surface area contributed by atoms with E-state index in [1.807, 2.05) is 0 Å². The third-order valence-electron chi connectivity index (χ3n) is 3.06. The minimum absolute atomic E-state index is 0.0131. The van der Waals surface area contributed by atoms with Crippen LogP contribution in [0.2, 0.25) is 0 Å². The summed E-state index contributed by atoms with van der Waals surface area (Å²) in [6.07, 6.45) is 0. The molecule has 1 unspecified atom stereocenters. The number of hydrogen-bond acceptors (Lipinski definition) is 3. The molecule has 0 radical (unpaired) electrons. The van der Waals surface area contributed by atoms with Gasteiger partial charge in [-0.15, -0.1) is 0 Å². The fraction of sp³-hybridized carbons (Fsp3) is 0.200. The molecule has 0 saturated heterocycles. The molecule has 0 aliphatic rings. The SMILES string of the molecule is COc1cccc(NC(CN)c2cc(F)c(F)cc2F)c1. The average Bonchev–Trinajstić information content (AvgIpc) is 2.49. The van der Waals surface area contributed by atoms with Crippen LogP contribution >= 0.6 is 0 Å². The Morgan fingerprint density at radius 3 is 2.48 bits per heavy atom. The second-order valence-corrected chi connectivity index (χ2v) is 4.45. The molecule has 112 valence electrons. The van der Waals surface area contributed by atoms with Crippen molar-refractivity contribution in [3.63, 3.8) is 0 Å². The van der Waals surface area contributed by atoms with E-state index in [1.54, 1.807) is 24.3 Å². The maximum absolute atomic E-state index is 13.8. The van der Waals surface area contributed by atoms with E-state index in [2.05, 4.69) is 5.32 Å². The van der Waals surface area contributed by atoms with Gasteiger partial charge in [0.2, 0.25) is 0 Å². The highest BCUT2D eigenvalue weighted by atomic mass is 19.2. The van der Waals surface area contributed by atoms with Crippen molar-refractivity contribution < 1.29 is 17.9 Å². The Bertz CT molecular complexity index is 634. The number of methoxy groups -OCH3 is 1. The summed E-state index contributed by atoms with van der Waals surface area (Å²) in [5, 5.41) is 2.97. The Balaban J connectivity index is 2.29. The second-order valence-electron chi connectivity index (χ2n) is 4.45. The summed E-state index contributed by atoms with van der Waals surface area (Å²) in [4.78, 5) is 0. The molecule has 6 heteroatoms. The first-order valence-electron chi connectivity index (χ1n) is 6.30. The number of ether oxygens (including phenoxy) is 1. The first kappa shape index (κ1) is 15.2. The van der Waals surface area contributed by atoms with Crippen LogP contribution in [0.25, 0.3) is 0 Å². The largest absolute Gasteiger partial charge is 0.497 e. The number of hydrogen-bond donors (Lipinski definition) is 2. The van der Waals surface area contributed by atoms with E-state index in [0.29, 0.717) is 17.5 Å². The van der Waals surface area contributed by atoms with E-state index in [-0.39, 0.29) is 12.1 Å². The predicted molar refractivity (Wildman–Crippen MR) is 74.7 cm³/mol. The van der Waals surface area contributed by atoms with Crippen molar-refractivity contribution in [1.29, 1.82) is 0 Å². The molecule has 2 rings (SSSR count). The molecule has 21 heavy (non-hydrogen) atoms. The number of rotatable bonds is 5. The molecule has 0 aromatic heterocycles. The maximum atomic E-state index is 13.8. The van der Waals surface area contributed by atoms with Crippen molar-refractivity contribution in [3.8, 4) is 5.75 Å². The fourth-order valence-corrected chi connectivity index (χ4v) is 1.98. The third-order valence-corrected chi connectivity index (χ3v) is 3.06. The lowest BCUT2D eigenvalue weighted by Gasteiger charge is -2.20. The molecule has 0 bridgehead atoms. The zero-order chi connectivity index (χ0) is 15.4. The zero-order valence-electron chi connectivity index (χ0n) is 11.4. The first-order valence-corrected chi connectivity index (χ1v) is 6.30. The first-order chi connectivity index (χ1) is 10.0. The minimum Gasteiger partial charge on any atom is -0.497 e. The highest BCUT2D eigenvalue weighted by molar-refractivity contribution is 5.50. The zero-order valence-corrected chi connectivity index (χ0v) is 11.4. The normalized spacial score (nSPS) is 12.0. The van der Waals surface area contributed by atoms with Crippen LogP contribution in [0.5, 0.6) is 5.75 Å². The molecule has 0 spiro atoms. The average molecular weight is 296 g/mol. The van der Waals surface area contributed by atoms with Crippen LogP contribution in [0.3, 0.4) is 0 Å². The molecule has 0 saturated carbocycles. The summed E-state index contributed by atoms with van der Waals surface area (Å²) in [5.41, 5.74) is 6.21. The van der Waals surface area contributed by atoms with Gasteiger partial charge in [-0.3, -0.25) is 0 Å². The quantitative estimate of drug-likeness (QED) is 0.833. The molecule has 0 heterocycles. The van der Waals surface area contributed by atoms with E-state index in [4.69, 9.17) is 10.5 Å². The molecule has 0 aliphatic carbocycles. The molecule has 0 fully saturated rings. The third kappa shape index (κ3) is 3.46. The maximum Gasteiger partial charge on any atom is 0.161 e. The molecule has 0 amide bonds. The molecule has 2 aromatic rings. The van der Waals surface area contributed by atoms with Crippen molar-refractivity contribution in [2.24, 2.45) is 5.73 Å². The number of nitrogens with two attached hydrogens (primary N) is 1. The fourth-order valence-electron chi connectivity index (χ4n) is 1.98. The van der Waals surface area contributed by atoms with Crippen LogP contribution < -0.4 is 15.8 Å². The summed E-state index contributed by atoms with van der Waals surface area (Å²) >= 11 is 0. The molecule has 3 N–H and O–H groups in total. The van der Waals surface area contributed by atoms with Crippen LogP contribution in [-0.2, 0) is 0 Å². The van der Waals surface area contributed by atoms with Gasteiger partial charge in [-0.2, -0.15) is 0 Å². The van der Waals surface area contributed by atoms with Gasteiger partial charge in [-0.05, 0) is 18.2 Å². The Hall–Kier alpha value is -2.21. The number of anilines is 1. The van der Waals surface area contributed by atoms with E-state index in [9.17, 15) is 13.2 Å². The molecule has 2 aromatic carbocycles. The second kappa shape index (κ2) is 6.49. The monoisotopic (exact) mass is 296 g/mol. The summed E-state index contributed by atoms with van der Waals surface area (Å²) in [7, 11) is 1.52. The van der Waals surface area contributed by atoms with E-state index < -0.39 is 23.5 Å². The van der Waals surface area contributed by atoms with Crippen molar-refractivity contribution in [2.75, 3.05) is 19.0 Å².